The van der Waals surface area contributed by atoms with E-state index in [4.69, 9.17) is 9.47 Å². The molecular formula is C12H13BrO4. The topological polar surface area (TPSA) is 52.6 Å². The zero-order valence-electron chi connectivity index (χ0n) is 9.60. The minimum atomic E-state index is -0.687. The van der Waals surface area contributed by atoms with Crippen molar-refractivity contribution >= 4 is 28.2 Å². The molecule has 0 N–H and O–H groups in total. The van der Waals surface area contributed by atoms with Crippen LogP contribution in [0.3, 0.4) is 0 Å². The van der Waals surface area contributed by atoms with Crippen molar-refractivity contribution in [3.63, 3.8) is 0 Å². The van der Waals surface area contributed by atoms with Gasteiger partial charge >= 0.3 is 5.97 Å². The third-order valence-corrected chi connectivity index (χ3v) is 2.63. The zero-order chi connectivity index (χ0) is 12.8. The Labute approximate surface area is 108 Å². The summed E-state index contributed by atoms with van der Waals surface area (Å²) in [7, 11) is 0. The molecule has 0 saturated carbocycles. The van der Waals surface area contributed by atoms with E-state index in [1.165, 1.54) is 0 Å². The first-order valence-corrected chi connectivity index (χ1v) is 5.95. The molecule has 0 spiro atoms. The molecule has 1 aromatic rings. The van der Waals surface area contributed by atoms with Gasteiger partial charge in [0.2, 0.25) is 0 Å². The molecule has 4 nitrogen and oxygen atoms in total. The summed E-state index contributed by atoms with van der Waals surface area (Å²) in [6.07, 6.45) is 0.0527. The van der Waals surface area contributed by atoms with E-state index < -0.39 is 12.1 Å². The number of hydrogen-bond acceptors (Lipinski definition) is 4. The Kier molecular flexibility index (Phi) is 5.15. The molecule has 92 valence electrons. The van der Waals surface area contributed by atoms with E-state index in [2.05, 4.69) is 15.9 Å². The van der Waals surface area contributed by atoms with Crippen molar-refractivity contribution in [3.8, 4) is 5.75 Å². The van der Waals surface area contributed by atoms with Gasteiger partial charge in [-0.05, 0) is 48.0 Å². The second kappa shape index (κ2) is 6.39. The molecule has 0 aromatic heterocycles. The van der Waals surface area contributed by atoms with E-state index in [0.717, 1.165) is 6.29 Å². The average Bonchev–Trinajstić information content (AvgIpc) is 2.31. The third kappa shape index (κ3) is 3.85. The summed E-state index contributed by atoms with van der Waals surface area (Å²) in [4.78, 5) is 21.9. The monoisotopic (exact) mass is 300 g/mol. The molecule has 0 aliphatic carbocycles. The normalized spacial score (nSPS) is 11.7. The lowest BCUT2D eigenvalue weighted by Crippen LogP contribution is -2.26. The minimum Gasteiger partial charge on any atom is -0.478 e. The predicted octanol–water partition coefficient (Wildman–Crippen LogP) is 2.59. The highest BCUT2D eigenvalue weighted by Gasteiger charge is 2.16. The molecule has 1 rings (SSSR count). The van der Waals surface area contributed by atoms with Crippen molar-refractivity contribution in [2.75, 3.05) is 6.61 Å². The lowest BCUT2D eigenvalue weighted by Gasteiger charge is -2.14. The SMILES string of the molecule is CCOC(=O)[C@H](C)Oc1ccc(C=O)cc1Br. The van der Waals surface area contributed by atoms with Crippen molar-refractivity contribution in [2.45, 2.75) is 20.0 Å². The predicted molar refractivity (Wildman–Crippen MR) is 66.3 cm³/mol. The van der Waals surface area contributed by atoms with Crippen LogP contribution >= 0.6 is 15.9 Å². The van der Waals surface area contributed by atoms with Gasteiger partial charge in [-0.3, -0.25) is 4.79 Å². The van der Waals surface area contributed by atoms with Gasteiger partial charge in [0.15, 0.2) is 6.10 Å². The Morgan fingerprint density at radius 1 is 1.53 bits per heavy atom. The minimum absolute atomic E-state index is 0.317. The Hall–Kier alpha value is -1.36. The third-order valence-electron chi connectivity index (χ3n) is 2.01. The largest absolute Gasteiger partial charge is 0.478 e. The first kappa shape index (κ1) is 13.7. The first-order chi connectivity index (χ1) is 8.08. The van der Waals surface area contributed by atoms with E-state index in [9.17, 15) is 9.59 Å². The van der Waals surface area contributed by atoms with E-state index in [1.54, 1.807) is 32.0 Å². The molecule has 0 saturated heterocycles. The maximum atomic E-state index is 11.4. The van der Waals surface area contributed by atoms with Crippen LogP contribution in [0.5, 0.6) is 5.75 Å². The molecular weight excluding hydrogens is 288 g/mol. The number of aldehydes is 1. The van der Waals surface area contributed by atoms with E-state index in [1.807, 2.05) is 0 Å². The van der Waals surface area contributed by atoms with Gasteiger partial charge in [0.25, 0.3) is 0 Å². The van der Waals surface area contributed by atoms with Crippen molar-refractivity contribution in [1.82, 2.24) is 0 Å². The molecule has 0 amide bonds. The van der Waals surface area contributed by atoms with Gasteiger partial charge in [-0.2, -0.15) is 0 Å². The van der Waals surface area contributed by atoms with Crippen molar-refractivity contribution in [2.24, 2.45) is 0 Å². The van der Waals surface area contributed by atoms with Crippen LogP contribution in [-0.2, 0) is 9.53 Å². The van der Waals surface area contributed by atoms with Gasteiger partial charge < -0.3 is 9.47 Å². The number of carbonyl (C=O) groups is 2. The van der Waals surface area contributed by atoms with Crippen LogP contribution in [0.15, 0.2) is 22.7 Å². The van der Waals surface area contributed by atoms with Crippen LogP contribution < -0.4 is 4.74 Å². The maximum absolute atomic E-state index is 11.4. The standard InChI is InChI=1S/C12H13BrO4/c1-3-16-12(15)8(2)17-11-5-4-9(7-14)6-10(11)13/h4-8H,3H2,1-2H3/t8-/m0/s1. The van der Waals surface area contributed by atoms with Crippen LogP contribution in [0, 0.1) is 0 Å². The molecule has 1 aromatic carbocycles. The highest BCUT2D eigenvalue weighted by molar-refractivity contribution is 9.10. The lowest BCUT2D eigenvalue weighted by molar-refractivity contribution is -0.150. The van der Waals surface area contributed by atoms with Gasteiger partial charge in [0, 0.05) is 5.56 Å². The van der Waals surface area contributed by atoms with Crippen LogP contribution in [0.4, 0.5) is 0 Å². The number of carbonyl (C=O) groups excluding carboxylic acids is 2. The Bertz CT molecular complexity index is 417. The number of ether oxygens (including phenoxy) is 2. The Morgan fingerprint density at radius 2 is 2.24 bits per heavy atom. The molecule has 0 unspecified atom stereocenters. The van der Waals surface area contributed by atoms with Crippen molar-refractivity contribution in [3.05, 3.63) is 28.2 Å². The summed E-state index contributed by atoms with van der Waals surface area (Å²) >= 11 is 3.27. The van der Waals surface area contributed by atoms with E-state index in [0.29, 0.717) is 22.4 Å². The molecule has 0 heterocycles. The van der Waals surface area contributed by atoms with E-state index in [-0.39, 0.29) is 0 Å². The summed E-state index contributed by atoms with van der Waals surface area (Å²) in [5.41, 5.74) is 0.535. The quantitative estimate of drug-likeness (QED) is 0.619. The van der Waals surface area contributed by atoms with Crippen LogP contribution in [0.2, 0.25) is 0 Å². The summed E-state index contributed by atoms with van der Waals surface area (Å²) in [5, 5.41) is 0. The average molecular weight is 301 g/mol. The van der Waals surface area contributed by atoms with Crippen molar-refractivity contribution < 1.29 is 19.1 Å². The smallest absolute Gasteiger partial charge is 0.347 e. The van der Waals surface area contributed by atoms with Crippen LogP contribution in [0.1, 0.15) is 24.2 Å². The Morgan fingerprint density at radius 3 is 2.76 bits per heavy atom. The van der Waals surface area contributed by atoms with Gasteiger partial charge in [-0.15, -0.1) is 0 Å². The molecule has 0 fully saturated rings. The van der Waals surface area contributed by atoms with Crippen LogP contribution in [-0.4, -0.2) is 25.0 Å². The van der Waals surface area contributed by atoms with E-state index >= 15 is 0 Å². The molecule has 0 bridgehead atoms. The second-order valence-corrected chi connectivity index (χ2v) is 4.17. The first-order valence-electron chi connectivity index (χ1n) is 5.16. The lowest BCUT2D eigenvalue weighted by atomic mass is 10.2. The van der Waals surface area contributed by atoms with Gasteiger partial charge in [-0.1, -0.05) is 0 Å². The number of benzene rings is 1. The van der Waals surface area contributed by atoms with Crippen LogP contribution in [0.25, 0.3) is 0 Å². The molecule has 17 heavy (non-hydrogen) atoms. The second-order valence-electron chi connectivity index (χ2n) is 3.32. The zero-order valence-corrected chi connectivity index (χ0v) is 11.2. The summed E-state index contributed by atoms with van der Waals surface area (Å²) in [5.74, 6) is 0.0787. The number of halogens is 1. The number of hydrogen-bond donors (Lipinski definition) is 0. The number of rotatable bonds is 5. The van der Waals surface area contributed by atoms with Gasteiger partial charge in [0.1, 0.15) is 12.0 Å². The maximum Gasteiger partial charge on any atom is 0.347 e. The fourth-order valence-electron chi connectivity index (χ4n) is 1.18. The molecule has 5 heteroatoms. The van der Waals surface area contributed by atoms with Crippen molar-refractivity contribution in [1.29, 1.82) is 0 Å². The summed E-state index contributed by atoms with van der Waals surface area (Å²) < 4.78 is 10.9. The van der Waals surface area contributed by atoms with Gasteiger partial charge in [-0.25, -0.2) is 4.79 Å². The fourth-order valence-corrected chi connectivity index (χ4v) is 1.67. The molecule has 1 atom stereocenters. The van der Waals surface area contributed by atoms with Gasteiger partial charge in [0.05, 0.1) is 11.1 Å². The highest BCUT2D eigenvalue weighted by Crippen LogP contribution is 2.26. The molecule has 0 radical (unpaired) electrons. The Balaban J connectivity index is 2.74. The molecule has 0 aliphatic rings. The number of esters is 1. The fraction of sp³-hybridized carbons (Fsp3) is 0.333. The summed E-state index contributed by atoms with van der Waals surface area (Å²) in [6.45, 7) is 3.66. The highest BCUT2D eigenvalue weighted by atomic mass is 79.9. The summed E-state index contributed by atoms with van der Waals surface area (Å²) in [6, 6.07) is 4.87. The molecule has 0 aliphatic heterocycles.